The van der Waals surface area contributed by atoms with Gasteiger partial charge < -0.3 is 4.57 Å². The van der Waals surface area contributed by atoms with Gasteiger partial charge in [0, 0.05) is 17.9 Å². The predicted molar refractivity (Wildman–Crippen MR) is 111 cm³/mol. The molecule has 0 fully saturated rings. The number of alkyl halides is 3. The number of aromatic nitrogens is 1. The van der Waals surface area contributed by atoms with Crippen molar-refractivity contribution in [2.24, 2.45) is 10.1 Å². The lowest BCUT2D eigenvalue weighted by Crippen LogP contribution is -2.35. The van der Waals surface area contributed by atoms with E-state index in [9.17, 15) is 18.0 Å². The number of hydrogen-bond donors (Lipinski definition) is 1. The van der Waals surface area contributed by atoms with E-state index in [4.69, 9.17) is 5.41 Å². The van der Waals surface area contributed by atoms with Crippen molar-refractivity contribution >= 4 is 39.8 Å². The smallest absolute Gasteiger partial charge is 0.344 e. The van der Waals surface area contributed by atoms with E-state index in [1.54, 1.807) is 0 Å². The molecule has 0 atom stereocenters. The third-order valence-electron chi connectivity index (χ3n) is 4.79. The Morgan fingerprint density at radius 2 is 1.90 bits per heavy atom. The molecule has 4 rings (SSSR count). The number of thioether (sulfide) groups is 1. The van der Waals surface area contributed by atoms with Crippen molar-refractivity contribution in [1.29, 1.82) is 5.41 Å². The Labute approximate surface area is 174 Å². The number of aliphatic imine (C=N–C) groups is 1. The van der Waals surface area contributed by atoms with E-state index in [0.29, 0.717) is 12.1 Å². The molecule has 0 saturated heterocycles. The minimum absolute atomic E-state index is 0.105. The number of amides is 1. The van der Waals surface area contributed by atoms with Gasteiger partial charge in [0.05, 0.1) is 5.57 Å². The van der Waals surface area contributed by atoms with Gasteiger partial charge in [0.1, 0.15) is 0 Å². The lowest BCUT2D eigenvalue weighted by molar-refractivity contribution is -0.114. The lowest BCUT2D eigenvalue weighted by Gasteiger charge is -2.20. The van der Waals surface area contributed by atoms with Crippen LogP contribution in [0, 0.1) is 19.3 Å². The van der Waals surface area contributed by atoms with Crippen molar-refractivity contribution in [3.05, 3.63) is 64.5 Å². The van der Waals surface area contributed by atoms with Crippen molar-refractivity contribution in [3.63, 3.8) is 0 Å². The van der Waals surface area contributed by atoms with Crippen LogP contribution < -0.4 is 0 Å². The average Bonchev–Trinajstić information content (AvgIpc) is 3.23. The maximum absolute atomic E-state index is 12.9. The molecule has 0 unspecified atom stereocenters. The first-order valence-corrected chi connectivity index (χ1v) is 9.75. The Morgan fingerprint density at radius 1 is 1.20 bits per heavy atom. The van der Waals surface area contributed by atoms with Gasteiger partial charge in [-0.3, -0.25) is 10.2 Å². The number of aryl methyl sites for hydroxylation is 1. The van der Waals surface area contributed by atoms with Crippen LogP contribution in [0.5, 0.6) is 0 Å². The van der Waals surface area contributed by atoms with Gasteiger partial charge in [-0.25, -0.2) is 0 Å². The second-order valence-electron chi connectivity index (χ2n) is 6.82. The maximum atomic E-state index is 12.9. The van der Waals surface area contributed by atoms with Crippen LogP contribution in [-0.4, -0.2) is 37.7 Å². The van der Waals surface area contributed by atoms with Crippen LogP contribution in [0.4, 0.5) is 13.2 Å². The second-order valence-corrected chi connectivity index (χ2v) is 7.78. The summed E-state index contributed by atoms with van der Waals surface area (Å²) in [6, 6.07) is 11.7. The van der Waals surface area contributed by atoms with E-state index in [1.165, 1.54) is 6.08 Å². The standard InChI is InChI=1S/C20H16F3N5OS/c1-11-8-14(12(2)27(11)10-13-6-4-3-5-7-13)9-15-16(24)28-19(25-17(15)29)30-18(26-28)20(21,22)23/h3-9,24H,10H2,1-2H3. The quantitative estimate of drug-likeness (QED) is 0.735. The van der Waals surface area contributed by atoms with Gasteiger partial charge in [0.15, 0.2) is 5.84 Å². The normalized spacial score (nSPS) is 18.0. The molecule has 0 bridgehead atoms. The van der Waals surface area contributed by atoms with Crippen LogP contribution in [0.1, 0.15) is 22.5 Å². The molecule has 0 saturated carbocycles. The number of fused-ring (bicyclic) bond motifs is 1. The highest BCUT2D eigenvalue weighted by atomic mass is 32.2. The van der Waals surface area contributed by atoms with Crippen molar-refractivity contribution in [2.75, 3.05) is 0 Å². The average molecular weight is 431 g/mol. The maximum Gasteiger partial charge on any atom is 0.441 e. The van der Waals surface area contributed by atoms with Crippen LogP contribution in [0.2, 0.25) is 0 Å². The van der Waals surface area contributed by atoms with Crippen LogP contribution >= 0.6 is 11.8 Å². The molecule has 10 heteroatoms. The number of hydrogen-bond acceptors (Lipinski definition) is 4. The van der Waals surface area contributed by atoms with Crippen molar-refractivity contribution in [1.82, 2.24) is 9.58 Å². The van der Waals surface area contributed by atoms with E-state index in [1.807, 2.05) is 50.2 Å². The molecule has 1 aromatic heterocycles. The number of nitrogens with one attached hydrogen (secondary N) is 1. The predicted octanol–water partition coefficient (Wildman–Crippen LogP) is 4.33. The molecule has 1 N–H and O–H groups in total. The number of benzene rings is 1. The number of amidine groups is 2. The summed E-state index contributed by atoms with van der Waals surface area (Å²) in [5.41, 5.74) is 3.52. The Morgan fingerprint density at radius 3 is 2.57 bits per heavy atom. The summed E-state index contributed by atoms with van der Waals surface area (Å²) in [5.74, 6) is -1.19. The molecule has 3 heterocycles. The van der Waals surface area contributed by atoms with Crippen molar-refractivity contribution in [3.8, 4) is 0 Å². The summed E-state index contributed by atoms with van der Waals surface area (Å²) >= 11 is 0.236. The summed E-state index contributed by atoms with van der Waals surface area (Å²) < 4.78 is 40.9. The van der Waals surface area contributed by atoms with Gasteiger partial charge in [-0.15, -0.1) is 0 Å². The molecule has 154 valence electrons. The number of hydrazone groups is 1. The number of halogens is 3. The molecule has 2 aliphatic heterocycles. The number of rotatable bonds is 3. The summed E-state index contributed by atoms with van der Waals surface area (Å²) in [6.07, 6.45) is -3.18. The lowest BCUT2D eigenvalue weighted by atomic mass is 10.1. The van der Waals surface area contributed by atoms with E-state index in [0.717, 1.165) is 22.0 Å². The molecule has 0 spiro atoms. The molecule has 2 aromatic rings. The molecule has 6 nitrogen and oxygen atoms in total. The summed E-state index contributed by atoms with van der Waals surface area (Å²) in [5, 5.41) is 11.0. The molecule has 1 aromatic carbocycles. The largest absolute Gasteiger partial charge is 0.441 e. The van der Waals surface area contributed by atoms with E-state index >= 15 is 0 Å². The SMILES string of the molecule is Cc1cc(C=C2C(=N)N3N=C(C(F)(F)F)SC3=NC2=O)c(C)n1Cc1ccccc1. The fraction of sp³-hybridized carbons (Fsp3) is 0.200. The van der Waals surface area contributed by atoms with E-state index < -0.39 is 23.0 Å². The Kier molecular flexibility index (Phi) is 4.89. The number of carbonyl (C=O) groups is 1. The van der Waals surface area contributed by atoms with Crippen molar-refractivity contribution in [2.45, 2.75) is 26.6 Å². The van der Waals surface area contributed by atoms with E-state index in [2.05, 4.69) is 14.7 Å². The Hall–Kier alpha value is -3.14. The Bertz CT molecular complexity index is 1150. The topological polar surface area (TPSA) is 73.8 Å². The first kappa shape index (κ1) is 20.1. The van der Waals surface area contributed by atoms with Crippen LogP contribution in [0.15, 0.2) is 52.1 Å². The monoisotopic (exact) mass is 431 g/mol. The highest BCUT2D eigenvalue weighted by molar-refractivity contribution is 8.27. The van der Waals surface area contributed by atoms with Crippen molar-refractivity contribution < 1.29 is 18.0 Å². The number of nitrogens with zero attached hydrogens (tertiary/aromatic N) is 4. The number of carbonyl (C=O) groups excluding carboxylic acids is 1. The minimum Gasteiger partial charge on any atom is -0.344 e. The van der Waals surface area contributed by atoms with Gasteiger partial charge in [0.2, 0.25) is 10.2 Å². The molecular weight excluding hydrogens is 415 g/mol. The molecule has 30 heavy (non-hydrogen) atoms. The van der Waals surface area contributed by atoms with Gasteiger partial charge >= 0.3 is 6.18 Å². The first-order valence-electron chi connectivity index (χ1n) is 8.93. The fourth-order valence-corrected chi connectivity index (χ4v) is 4.00. The molecule has 0 aliphatic carbocycles. The third kappa shape index (κ3) is 3.58. The highest BCUT2D eigenvalue weighted by Gasteiger charge is 2.46. The van der Waals surface area contributed by atoms with Crippen LogP contribution in [0.25, 0.3) is 6.08 Å². The zero-order valence-electron chi connectivity index (χ0n) is 16.0. The summed E-state index contributed by atoms with van der Waals surface area (Å²) in [6.45, 7) is 4.45. The van der Waals surface area contributed by atoms with Crippen LogP contribution in [0.3, 0.4) is 0 Å². The molecule has 2 aliphatic rings. The first-order chi connectivity index (χ1) is 14.1. The van der Waals surface area contributed by atoms with E-state index in [-0.39, 0.29) is 22.5 Å². The molecule has 1 amide bonds. The highest BCUT2D eigenvalue weighted by Crippen LogP contribution is 2.35. The molecular formula is C20H16F3N5OS. The Balaban J connectivity index is 1.68. The van der Waals surface area contributed by atoms with Gasteiger partial charge in [-0.2, -0.15) is 28.3 Å². The fourth-order valence-electron chi connectivity index (χ4n) is 3.25. The third-order valence-corrected chi connectivity index (χ3v) is 5.75. The van der Waals surface area contributed by atoms with Crippen LogP contribution in [-0.2, 0) is 11.3 Å². The summed E-state index contributed by atoms with van der Waals surface area (Å²) in [7, 11) is 0. The van der Waals surface area contributed by atoms with Gasteiger partial charge in [-0.05, 0) is 48.9 Å². The zero-order chi connectivity index (χ0) is 21.6. The van der Waals surface area contributed by atoms with Gasteiger partial charge in [-0.1, -0.05) is 30.3 Å². The summed E-state index contributed by atoms with van der Waals surface area (Å²) in [4.78, 5) is 16.1. The minimum atomic E-state index is -4.67. The van der Waals surface area contributed by atoms with Gasteiger partial charge in [0.25, 0.3) is 5.91 Å². The molecule has 0 radical (unpaired) electrons. The zero-order valence-corrected chi connectivity index (χ0v) is 16.8. The second kappa shape index (κ2) is 7.28.